The quantitative estimate of drug-likeness (QED) is 0.430. The van der Waals surface area contributed by atoms with Crippen LogP contribution >= 0.6 is 0 Å². The van der Waals surface area contributed by atoms with E-state index in [1.165, 1.54) is 6.33 Å². The van der Waals surface area contributed by atoms with Gasteiger partial charge in [0.2, 0.25) is 0 Å². The Labute approximate surface area is 64.2 Å². The molecule has 4 N–H and O–H groups in total. The van der Waals surface area contributed by atoms with Gasteiger partial charge < -0.3 is 11.5 Å². The molecule has 0 radical (unpaired) electrons. The van der Waals surface area contributed by atoms with Crippen molar-refractivity contribution in [3.05, 3.63) is 24.3 Å². The topological polar surface area (TPSA) is 90.2 Å². The van der Waals surface area contributed by atoms with Crippen molar-refractivity contribution in [1.82, 2.24) is 9.97 Å². The first-order valence-corrected chi connectivity index (χ1v) is 3.09. The Hall–Kier alpha value is -1.65. The van der Waals surface area contributed by atoms with Crippen LogP contribution in [-0.2, 0) is 6.54 Å². The van der Waals surface area contributed by atoms with E-state index < -0.39 is 0 Å². The van der Waals surface area contributed by atoms with Crippen molar-refractivity contribution in [2.45, 2.75) is 6.54 Å². The zero-order valence-corrected chi connectivity index (χ0v) is 5.94. The number of nitrogens with two attached hydrogens (primary N) is 2. The highest BCUT2D eigenvalue weighted by molar-refractivity contribution is 5.75. The van der Waals surface area contributed by atoms with E-state index in [4.69, 9.17) is 11.5 Å². The fraction of sp³-hybridized carbons (Fsp3) is 0.167. The lowest BCUT2D eigenvalue weighted by Gasteiger charge is -1.93. The molecule has 1 rings (SSSR count). The van der Waals surface area contributed by atoms with Crippen LogP contribution in [0.5, 0.6) is 0 Å². The van der Waals surface area contributed by atoms with E-state index in [9.17, 15) is 0 Å². The number of aliphatic imine (C=N–C) groups is 1. The van der Waals surface area contributed by atoms with Gasteiger partial charge in [-0.2, -0.15) is 0 Å². The molecule has 0 amide bonds. The van der Waals surface area contributed by atoms with E-state index in [-0.39, 0.29) is 5.96 Å². The Morgan fingerprint density at radius 2 is 2.36 bits per heavy atom. The summed E-state index contributed by atoms with van der Waals surface area (Å²) < 4.78 is 0. The van der Waals surface area contributed by atoms with Gasteiger partial charge in [-0.05, 0) is 6.07 Å². The van der Waals surface area contributed by atoms with Gasteiger partial charge in [0.1, 0.15) is 6.33 Å². The van der Waals surface area contributed by atoms with Crippen molar-refractivity contribution in [3.8, 4) is 0 Å². The highest BCUT2D eigenvalue weighted by Crippen LogP contribution is 1.91. The van der Waals surface area contributed by atoms with Crippen molar-refractivity contribution >= 4 is 5.96 Å². The molecule has 1 aromatic rings. The molecule has 0 aliphatic carbocycles. The molecule has 0 spiro atoms. The van der Waals surface area contributed by atoms with Crippen molar-refractivity contribution in [2.75, 3.05) is 0 Å². The first-order valence-electron chi connectivity index (χ1n) is 3.09. The molecule has 0 aliphatic rings. The molecule has 0 aliphatic heterocycles. The predicted octanol–water partition coefficient (Wildman–Crippen LogP) is -0.750. The normalized spacial score (nSPS) is 9.09. The van der Waals surface area contributed by atoms with Gasteiger partial charge in [-0.15, -0.1) is 0 Å². The number of hydrogen-bond donors (Lipinski definition) is 2. The smallest absolute Gasteiger partial charge is 0.186 e. The summed E-state index contributed by atoms with van der Waals surface area (Å²) in [6, 6.07) is 1.76. The Morgan fingerprint density at radius 3 is 2.91 bits per heavy atom. The third-order valence-electron chi connectivity index (χ3n) is 1.07. The average molecular weight is 151 g/mol. The van der Waals surface area contributed by atoms with Gasteiger partial charge in [-0.25, -0.2) is 15.0 Å². The number of aromatic nitrogens is 2. The van der Waals surface area contributed by atoms with E-state index in [0.29, 0.717) is 6.54 Å². The van der Waals surface area contributed by atoms with Crippen molar-refractivity contribution < 1.29 is 0 Å². The molecule has 0 unspecified atom stereocenters. The Kier molecular flexibility index (Phi) is 2.37. The second-order valence-electron chi connectivity index (χ2n) is 1.94. The number of guanidine groups is 1. The summed E-state index contributed by atoms with van der Waals surface area (Å²) in [6.45, 7) is 0.408. The van der Waals surface area contributed by atoms with Gasteiger partial charge in [-0.3, -0.25) is 0 Å². The third kappa shape index (κ3) is 2.61. The van der Waals surface area contributed by atoms with Crippen LogP contribution in [0.1, 0.15) is 5.69 Å². The summed E-state index contributed by atoms with van der Waals surface area (Å²) in [6.07, 6.45) is 3.10. The maximum absolute atomic E-state index is 5.12. The van der Waals surface area contributed by atoms with E-state index in [0.717, 1.165) is 5.69 Å². The summed E-state index contributed by atoms with van der Waals surface area (Å²) in [5.41, 5.74) is 11.0. The fourth-order valence-electron chi connectivity index (χ4n) is 0.584. The van der Waals surface area contributed by atoms with Crippen molar-refractivity contribution in [1.29, 1.82) is 0 Å². The van der Waals surface area contributed by atoms with Gasteiger partial charge in [-0.1, -0.05) is 0 Å². The van der Waals surface area contributed by atoms with E-state index >= 15 is 0 Å². The van der Waals surface area contributed by atoms with Crippen LogP contribution in [0.2, 0.25) is 0 Å². The maximum atomic E-state index is 5.12. The number of hydrogen-bond acceptors (Lipinski definition) is 3. The minimum atomic E-state index is 0.0728. The fourth-order valence-corrected chi connectivity index (χ4v) is 0.584. The van der Waals surface area contributed by atoms with Gasteiger partial charge in [0.05, 0.1) is 12.2 Å². The minimum Gasteiger partial charge on any atom is -0.370 e. The molecule has 0 bridgehead atoms. The zero-order chi connectivity index (χ0) is 8.10. The Morgan fingerprint density at radius 1 is 1.55 bits per heavy atom. The molecule has 0 saturated heterocycles. The molecule has 0 aromatic carbocycles. The van der Waals surface area contributed by atoms with Crippen LogP contribution in [0.3, 0.4) is 0 Å². The summed E-state index contributed by atoms with van der Waals surface area (Å²) in [4.78, 5) is 11.4. The summed E-state index contributed by atoms with van der Waals surface area (Å²) in [5.74, 6) is 0.0728. The van der Waals surface area contributed by atoms with Crippen LogP contribution in [0.4, 0.5) is 0 Å². The molecular formula is C6H9N5. The largest absolute Gasteiger partial charge is 0.370 e. The number of rotatable bonds is 2. The zero-order valence-electron chi connectivity index (χ0n) is 5.94. The second-order valence-corrected chi connectivity index (χ2v) is 1.94. The summed E-state index contributed by atoms with van der Waals surface area (Å²) in [5, 5.41) is 0. The van der Waals surface area contributed by atoms with E-state index in [2.05, 4.69) is 15.0 Å². The van der Waals surface area contributed by atoms with Gasteiger partial charge in [0, 0.05) is 6.20 Å². The summed E-state index contributed by atoms with van der Waals surface area (Å²) >= 11 is 0. The number of nitrogens with zero attached hydrogens (tertiary/aromatic N) is 3. The molecule has 0 atom stereocenters. The molecular weight excluding hydrogens is 142 g/mol. The van der Waals surface area contributed by atoms with Crippen LogP contribution < -0.4 is 11.5 Å². The van der Waals surface area contributed by atoms with Gasteiger partial charge >= 0.3 is 0 Å². The average Bonchev–Trinajstić information content (AvgIpc) is 2.03. The minimum absolute atomic E-state index is 0.0728. The first kappa shape index (κ1) is 7.46. The van der Waals surface area contributed by atoms with Crippen LogP contribution in [0.15, 0.2) is 23.6 Å². The molecule has 58 valence electrons. The van der Waals surface area contributed by atoms with Crippen molar-refractivity contribution in [3.63, 3.8) is 0 Å². The Balaban J connectivity index is 2.59. The van der Waals surface area contributed by atoms with E-state index in [1.54, 1.807) is 12.3 Å². The molecule has 0 saturated carbocycles. The molecule has 11 heavy (non-hydrogen) atoms. The molecule has 1 heterocycles. The first-order chi connectivity index (χ1) is 5.29. The van der Waals surface area contributed by atoms with Gasteiger partial charge in [0.25, 0.3) is 0 Å². The van der Waals surface area contributed by atoms with Crippen LogP contribution in [0.25, 0.3) is 0 Å². The molecule has 1 aromatic heterocycles. The predicted molar refractivity (Wildman–Crippen MR) is 41.5 cm³/mol. The van der Waals surface area contributed by atoms with E-state index in [1.807, 2.05) is 0 Å². The SMILES string of the molecule is NC(N)=NCc1ccncn1. The molecule has 5 heteroatoms. The molecule has 5 nitrogen and oxygen atoms in total. The molecule has 0 fully saturated rings. The third-order valence-corrected chi connectivity index (χ3v) is 1.07. The standard InChI is InChI=1S/C6H9N5/c7-6(8)10-3-5-1-2-9-4-11-5/h1-2,4H,3H2,(H4,7,8,10). The second kappa shape index (κ2) is 3.50. The lowest BCUT2D eigenvalue weighted by Crippen LogP contribution is -2.22. The van der Waals surface area contributed by atoms with Crippen molar-refractivity contribution in [2.24, 2.45) is 16.5 Å². The maximum Gasteiger partial charge on any atom is 0.186 e. The summed E-state index contributed by atoms with van der Waals surface area (Å²) in [7, 11) is 0. The lowest BCUT2D eigenvalue weighted by molar-refractivity contribution is 0.958. The highest BCUT2D eigenvalue weighted by atomic mass is 15.0. The monoisotopic (exact) mass is 151 g/mol. The van der Waals surface area contributed by atoms with Gasteiger partial charge in [0.15, 0.2) is 5.96 Å². The Bertz CT molecular complexity index is 238. The van der Waals surface area contributed by atoms with Crippen LogP contribution in [-0.4, -0.2) is 15.9 Å². The highest BCUT2D eigenvalue weighted by Gasteiger charge is 1.88. The lowest BCUT2D eigenvalue weighted by atomic mass is 10.4. The van der Waals surface area contributed by atoms with Crippen LogP contribution in [0, 0.1) is 0 Å².